The molecule has 1 atom stereocenters. The van der Waals surface area contributed by atoms with Gasteiger partial charge in [-0.05, 0) is 48.4 Å². The van der Waals surface area contributed by atoms with E-state index in [1.165, 1.54) is 12.1 Å². The fraction of sp³-hybridized carbons (Fsp3) is 0.136. The van der Waals surface area contributed by atoms with Gasteiger partial charge >= 0.3 is 5.97 Å². The molecule has 2 aromatic carbocycles. The van der Waals surface area contributed by atoms with E-state index >= 15 is 0 Å². The standard InChI is InChI=1S/C22H19ClN2O4/c1-14(16-7-9-17(10-8-16)22(27)28)24-21(26)19-3-2-4-20(25-19)29-13-15-5-11-18(23)12-6-15/h2-12,14H,13H2,1H3,(H,24,26)(H,27,28)/t14-/m0/s1. The molecule has 3 rings (SSSR count). The van der Waals surface area contributed by atoms with E-state index in [9.17, 15) is 9.59 Å². The van der Waals surface area contributed by atoms with Gasteiger partial charge in [-0.2, -0.15) is 0 Å². The summed E-state index contributed by atoms with van der Waals surface area (Å²) in [5.41, 5.74) is 2.15. The van der Waals surface area contributed by atoms with Crippen LogP contribution in [0.1, 0.15) is 44.9 Å². The number of rotatable bonds is 7. The number of aromatic nitrogens is 1. The number of hydrogen-bond donors (Lipinski definition) is 2. The number of pyridine rings is 1. The van der Waals surface area contributed by atoms with Gasteiger partial charge < -0.3 is 15.2 Å². The van der Waals surface area contributed by atoms with Crippen LogP contribution in [0.3, 0.4) is 0 Å². The van der Waals surface area contributed by atoms with Crippen LogP contribution >= 0.6 is 11.6 Å². The number of benzene rings is 2. The van der Waals surface area contributed by atoms with Crippen molar-refractivity contribution in [2.24, 2.45) is 0 Å². The Morgan fingerprint density at radius 3 is 2.41 bits per heavy atom. The number of carboxylic acid groups (broad SMARTS) is 1. The molecular formula is C22H19ClN2O4. The first kappa shape index (κ1) is 20.4. The second-order valence-electron chi connectivity index (χ2n) is 6.40. The van der Waals surface area contributed by atoms with Gasteiger partial charge in [-0.25, -0.2) is 9.78 Å². The number of nitrogens with one attached hydrogen (secondary N) is 1. The maximum absolute atomic E-state index is 12.5. The zero-order valence-electron chi connectivity index (χ0n) is 15.6. The lowest BCUT2D eigenvalue weighted by atomic mass is 10.1. The van der Waals surface area contributed by atoms with Gasteiger partial charge in [-0.3, -0.25) is 4.79 Å². The van der Waals surface area contributed by atoms with Crippen LogP contribution in [0.2, 0.25) is 5.02 Å². The number of aromatic carboxylic acids is 1. The predicted molar refractivity (Wildman–Crippen MR) is 109 cm³/mol. The summed E-state index contributed by atoms with van der Waals surface area (Å²) < 4.78 is 5.66. The molecule has 0 saturated heterocycles. The third-order valence-corrected chi connectivity index (χ3v) is 4.51. The third kappa shape index (κ3) is 5.56. The van der Waals surface area contributed by atoms with Crippen LogP contribution in [0.25, 0.3) is 0 Å². The number of amides is 1. The molecule has 0 bridgehead atoms. The van der Waals surface area contributed by atoms with Crippen LogP contribution in [0, 0.1) is 0 Å². The topological polar surface area (TPSA) is 88.5 Å². The molecule has 6 nitrogen and oxygen atoms in total. The SMILES string of the molecule is C[C@H](NC(=O)c1cccc(OCc2ccc(Cl)cc2)n1)c1ccc(C(=O)O)cc1. The second kappa shape index (κ2) is 9.21. The minimum absolute atomic E-state index is 0.194. The Morgan fingerprint density at radius 2 is 1.76 bits per heavy atom. The zero-order valence-corrected chi connectivity index (χ0v) is 16.4. The summed E-state index contributed by atoms with van der Waals surface area (Å²) >= 11 is 5.87. The Labute approximate surface area is 173 Å². The van der Waals surface area contributed by atoms with E-state index in [0.717, 1.165) is 11.1 Å². The van der Waals surface area contributed by atoms with Crippen LogP contribution < -0.4 is 10.1 Å². The summed E-state index contributed by atoms with van der Waals surface area (Å²) in [6.07, 6.45) is 0. The molecule has 1 amide bonds. The molecular weight excluding hydrogens is 392 g/mol. The Balaban J connectivity index is 1.62. The number of carbonyl (C=O) groups excluding carboxylic acids is 1. The summed E-state index contributed by atoms with van der Waals surface area (Å²) in [5, 5.41) is 12.5. The highest BCUT2D eigenvalue weighted by atomic mass is 35.5. The Morgan fingerprint density at radius 1 is 1.07 bits per heavy atom. The average molecular weight is 411 g/mol. The minimum Gasteiger partial charge on any atom is -0.478 e. The fourth-order valence-electron chi connectivity index (χ4n) is 2.63. The summed E-state index contributed by atoms with van der Waals surface area (Å²) in [7, 11) is 0. The molecule has 2 N–H and O–H groups in total. The first-order valence-corrected chi connectivity index (χ1v) is 9.28. The van der Waals surface area contributed by atoms with Crippen molar-refractivity contribution in [1.82, 2.24) is 10.3 Å². The first-order chi connectivity index (χ1) is 13.9. The van der Waals surface area contributed by atoms with Crippen LogP contribution in [0.15, 0.2) is 66.7 Å². The summed E-state index contributed by atoms with van der Waals surface area (Å²) in [4.78, 5) is 27.7. The quantitative estimate of drug-likeness (QED) is 0.598. The van der Waals surface area contributed by atoms with Crippen molar-refractivity contribution in [3.63, 3.8) is 0 Å². The molecule has 0 aliphatic carbocycles. The van der Waals surface area contributed by atoms with Gasteiger partial charge in [0.05, 0.1) is 11.6 Å². The number of carbonyl (C=O) groups is 2. The lowest BCUT2D eigenvalue weighted by Crippen LogP contribution is -2.27. The van der Waals surface area contributed by atoms with Crippen molar-refractivity contribution in [1.29, 1.82) is 0 Å². The van der Waals surface area contributed by atoms with Crippen LogP contribution in [-0.4, -0.2) is 22.0 Å². The molecule has 3 aromatic rings. The molecule has 7 heteroatoms. The van der Waals surface area contributed by atoms with Gasteiger partial charge in [0.25, 0.3) is 5.91 Å². The molecule has 0 spiro atoms. The zero-order chi connectivity index (χ0) is 20.8. The Kier molecular flexibility index (Phi) is 6.46. The Bertz CT molecular complexity index is 1000. The lowest BCUT2D eigenvalue weighted by Gasteiger charge is -2.14. The summed E-state index contributed by atoms with van der Waals surface area (Å²) in [5.74, 6) is -1.00. The Hall–Kier alpha value is -3.38. The van der Waals surface area contributed by atoms with Gasteiger partial charge in [-0.15, -0.1) is 0 Å². The molecule has 148 valence electrons. The van der Waals surface area contributed by atoms with Crippen LogP contribution in [0.5, 0.6) is 5.88 Å². The minimum atomic E-state index is -0.993. The number of hydrogen-bond acceptors (Lipinski definition) is 4. The fourth-order valence-corrected chi connectivity index (χ4v) is 2.75. The highest BCUT2D eigenvalue weighted by Crippen LogP contribution is 2.16. The van der Waals surface area contributed by atoms with E-state index in [0.29, 0.717) is 17.5 Å². The first-order valence-electron chi connectivity index (χ1n) is 8.91. The monoisotopic (exact) mass is 410 g/mol. The van der Waals surface area contributed by atoms with Crippen molar-refractivity contribution >= 4 is 23.5 Å². The maximum Gasteiger partial charge on any atom is 0.335 e. The van der Waals surface area contributed by atoms with Gasteiger partial charge in [0.1, 0.15) is 12.3 Å². The van der Waals surface area contributed by atoms with E-state index in [2.05, 4.69) is 10.3 Å². The maximum atomic E-state index is 12.5. The van der Waals surface area contributed by atoms with Crippen LogP contribution in [-0.2, 0) is 6.61 Å². The van der Waals surface area contributed by atoms with Gasteiger partial charge in [0, 0.05) is 11.1 Å². The predicted octanol–water partition coefficient (Wildman–Crippen LogP) is 4.50. The molecule has 0 saturated carbocycles. The molecule has 0 fully saturated rings. The van der Waals surface area contributed by atoms with Crippen molar-refractivity contribution in [3.05, 3.63) is 94.1 Å². The van der Waals surface area contributed by atoms with Gasteiger partial charge in [-0.1, -0.05) is 41.9 Å². The van der Waals surface area contributed by atoms with E-state index in [1.807, 2.05) is 19.1 Å². The molecule has 0 unspecified atom stereocenters. The molecule has 0 radical (unpaired) electrons. The van der Waals surface area contributed by atoms with Crippen molar-refractivity contribution < 1.29 is 19.4 Å². The molecule has 1 heterocycles. The largest absolute Gasteiger partial charge is 0.478 e. The average Bonchev–Trinajstić information content (AvgIpc) is 2.73. The van der Waals surface area contributed by atoms with Gasteiger partial charge in [0.2, 0.25) is 5.88 Å². The normalized spacial score (nSPS) is 11.5. The van der Waals surface area contributed by atoms with E-state index in [1.54, 1.807) is 42.5 Å². The number of ether oxygens (including phenoxy) is 1. The molecule has 0 aliphatic heterocycles. The third-order valence-electron chi connectivity index (χ3n) is 4.26. The van der Waals surface area contributed by atoms with Crippen molar-refractivity contribution in [3.8, 4) is 5.88 Å². The van der Waals surface area contributed by atoms with E-state index < -0.39 is 5.97 Å². The van der Waals surface area contributed by atoms with E-state index in [4.69, 9.17) is 21.4 Å². The summed E-state index contributed by atoms with van der Waals surface area (Å²) in [6.45, 7) is 2.12. The number of nitrogens with zero attached hydrogens (tertiary/aromatic N) is 1. The molecule has 29 heavy (non-hydrogen) atoms. The second-order valence-corrected chi connectivity index (χ2v) is 6.83. The number of carboxylic acids is 1. The smallest absolute Gasteiger partial charge is 0.335 e. The van der Waals surface area contributed by atoms with Crippen molar-refractivity contribution in [2.45, 2.75) is 19.6 Å². The molecule has 0 aliphatic rings. The highest BCUT2D eigenvalue weighted by molar-refractivity contribution is 6.30. The molecule has 1 aromatic heterocycles. The van der Waals surface area contributed by atoms with Crippen molar-refractivity contribution in [2.75, 3.05) is 0 Å². The highest BCUT2D eigenvalue weighted by Gasteiger charge is 2.14. The van der Waals surface area contributed by atoms with Crippen LogP contribution in [0.4, 0.5) is 0 Å². The number of halogens is 1. The van der Waals surface area contributed by atoms with E-state index in [-0.39, 0.29) is 23.2 Å². The van der Waals surface area contributed by atoms with Gasteiger partial charge in [0.15, 0.2) is 0 Å². The lowest BCUT2D eigenvalue weighted by molar-refractivity contribution is 0.0696. The summed E-state index contributed by atoms with van der Waals surface area (Å²) in [6, 6.07) is 18.3.